The van der Waals surface area contributed by atoms with Crippen molar-refractivity contribution in [3.8, 4) is 5.75 Å². The number of benzene rings is 2. The molecule has 4 rings (SSSR count). The van der Waals surface area contributed by atoms with E-state index < -0.39 is 11.5 Å². The first-order chi connectivity index (χ1) is 14.1. The Kier molecular flexibility index (Phi) is 5.71. The largest absolute Gasteiger partial charge is 0.484 e. The fourth-order valence-electron chi connectivity index (χ4n) is 3.54. The first-order valence-corrected chi connectivity index (χ1v) is 9.98. The number of para-hydroxylation sites is 1. The van der Waals surface area contributed by atoms with Crippen LogP contribution in [0.15, 0.2) is 57.7 Å². The van der Waals surface area contributed by atoms with Crippen LogP contribution in [0, 0.1) is 0 Å². The Morgan fingerprint density at radius 3 is 2.55 bits per heavy atom. The van der Waals surface area contributed by atoms with E-state index in [1.54, 1.807) is 30.3 Å². The van der Waals surface area contributed by atoms with Gasteiger partial charge in [-0.25, -0.2) is 4.79 Å². The lowest BCUT2D eigenvalue weighted by Gasteiger charge is -2.18. The molecule has 1 fully saturated rings. The van der Waals surface area contributed by atoms with E-state index in [9.17, 15) is 9.59 Å². The molecule has 0 aliphatic heterocycles. The molecular weight excluding hydrogens is 392 g/mol. The molecule has 0 radical (unpaired) electrons. The fourth-order valence-corrected chi connectivity index (χ4v) is 3.67. The summed E-state index contributed by atoms with van der Waals surface area (Å²) in [6, 6.07) is 14.3. The Hall–Kier alpha value is -2.99. The first-order valence-electron chi connectivity index (χ1n) is 9.61. The molecule has 3 aromatic rings. The second-order valence-electron chi connectivity index (χ2n) is 7.05. The molecule has 0 atom stereocenters. The molecule has 0 spiro atoms. The van der Waals surface area contributed by atoms with Crippen LogP contribution in [-0.2, 0) is 4.79 Å². The van der Waals surface area contributed by atoms with Gasteiger partial charge in [0.05, 0.1) is 5.69 Å². The van der Waals surface area contributed by atoms with Gasteiger partial charge in [-0.2, -0.15) is 0 Å². The summed E-state index contributed by atoms with van der Waals surface area (Å²) in [7, 11) is 0. The molecule has 0 bridgehead atoms. The van der Waals surface area contributed by atoms with Crippen LogP contribution in [0.2, 0.25) is 5.02 Å². The average molecular weight is 413 g/mol. The van der Waals surface area contributed by atoms with Crippen LogP contribution in [0.4, 0.5) is 11.4 Å². The second-order valence-corrected chi connectivity index (χ2v) is 7.49. The maximum atomic E-state index is 12.6. The molecule has 1 aromatic heterocycles. The maximum absolute atomic E-state index is 12.6. The summed E-state index contributed by atoms with van der Waals surface area (Å²) < 4.78 is 10.9. The summed E-state index contributed by atoms with van der Waals surface area (Å²) >= 11 is 5.85. The van der Waals surface area contributed by atoms with E-state index in [0.29, 0.717) is 22.0 Å². The van der Waals surface area contributed by atoms with Crippen molar-refractivity contribution in [1.82, 2.24) is 0 Å². The number of nitrogens with one attached hydrogen (secondary N) is 2. The number of rotatable bonds is 6. The number of halogens is 1. The third kappa shape index (κ3) is 4.54. The molecule has 1 aliphatic carbocycles. The smallest absolute Gasteiger partial charge is 0.362 e. The first kappa shape index (κ1) is 19.3. The van der Waals surface area contributed by atoms with Crippen LogP contribution in [-0.4, -0.2) is 18.6 Å². The van der Waals surface area contributed by atoms with Gasteiger partial charge in [0.2, 0.25) is 0 Å². The monoisotopic (exact) mass is 412 g/mol. The van der Waals surface area contributed by atoms with Gasteiger partial charge in [0.1, 0.15) is 11.3 Å². The SMILES string of the molecule is O=C(COc1ccc(Cl)cc1)Nc1c(NC2CCCC2)c2ccccc2oc1=O. The van der Waals surface area contributed by atoms with E-state index in [-0.39, 0.29) is 18.3 Å². The van der Waals surface area contributed by atoms with Crippen LogP contribution >= 0.6 is 11.6 Å². The van der Waals surface area contributed by atoms with Gasteiger partial charge in [-0.3, -0.25) is 4.79 Å². The van der Waals surface area contributed by atoms with Gasteiger partial charge in [-0.05, 0) is 49.2 Å². The number of anilines is 2. The van der Waals surface area contributed by atoms with Crippen LogP contribution in [0.25, 0.3) is 11.0 Å². The van der Waals surface area contributed by atoms with Gasteiger partial charge >= 0.3 is 5.63 Å². The molecule has 2 N–H and O–H groups in total. The molecule has 2 aromatic carbocycles. The van der Waals surface area contributed by atoms with Gasteiger partial charge in [0, 0.05) is 16.5 Å². The highest BCUT2D eigenvalue weighted by atomic mass is 35.5. The maximum Gasteiger partial charge on any atom is 0.362 e. The fraction of sp³-hybridized carbons (Fsp3) is 0.273. The molecular formula is C22H21ClN2O4. The number of hydrogen-bond donors (Lipinski definition) is 2. The number of ether oxygens (including phenoxy) is 1. The van der Waals surface area contributed by atoms with Crippen LogP contribution in [0.3, 0.4) is 0 Å². The molecule has 0 saturated heterocycles. The van der Waals surface area contributed by atoms with Crippen LogP contribution in [0.1, 0.15) is 25.7 Å². The zero-order chi connectivity index (χ0) is 20.2. The molecule has 1 saturated carbocycles. The third-order valence-corrected chi connectivity index (χ3v) is 5.22. The minimum atomic E-state index is -0.593. The molecule has 1 amide bonds. The normalized spacial score (nSPS) is 14.1. The Bertz CT molecular complexity index is 1070. The molecule has 150 valence electrons. The topological polar surface area (TPSA) is 80.6 Å². The van der Waals surface area contributed by atoms with E-state index in [2.05, 4.69) is 10.6 Å². The summed E-state index contributed by atoms with van der Waals surface area (Å²) in [5, 5.41) is 7.46. The molecule has 6 nitrogen and oxygen atoms in total. The predicted octanol–water partition coefficient (Wildman–Crippen LogP) is 4.82. The van der Waals surface area contributed by atoms with E-state index in [0.717, 1.165) is 31.1 Å². The quantitative estimate of drug-likeness (QED) is 0.567. The third-order valence-electron chi connectivity index (χ3n) is 4.96. The summed E-state index contributed by atoms with van der Waals surface area (Å²) in [5.41, 5.74) is 0.598. The molecule has 1 heterocycles. The lowest BCUT2D eigenvalue weighted by atomic mass is 10.1. The lowest BCUT2D eigenvalue weighted by Crippen LogP contribution is -2.26. The van der Waals surface area contributed by atoms with Gasteiger partial charge < -0.3 is 19.8 Å². The summed E-state index contributed by atoms with van der Waals surface area (Å²) in [5.74, 6) is 0.0661. The van der Waals surface area contributed by atoms with Gasteiger partial charge in [0.25, 0.3) is 5.91 Å². The average Bonchev–Trinajstić information content (AvgIpc) is 3.23. The standard InChI is InChI=1S/C22H21ClN2O4/c23-14-9-11-16(12-10-14)28-13-19(26)25-21-20(24-15-5-1-2-6-15)17-7-3-4-8-18(17)29-22(21)27/h3-4,7-12,15,24H,1-2,5-6,13H2,(H,25,26). The highest BCUT2D eigenvalue weighted by molar-refractivity contribution is 6.30. The van der Waals surface area contributed by atoms with Crippen molar-refractivity contribution in [1.29, 1.82) is 0 Å². The van der Waals surface area contributed by atoms with Crippen molar-refractivity contribution in [2.75, 3.05) is 17.2 Å². The van der Waals surface area contributed by atoms with Crippen molar-refractivity contribution >= 4 is 39.9 Å². The Morgan fingerprint density at radius 2 is 1.79 bits per heavy atom. The highest BCUT2D eigenvalue weighted by Crippen LogP contribution is 2.32. The number of fused-ring (bicyclic) bond motifs is 1. The van der Waals surface area contributed by atoms with E-state index in [4.69, 9.17) is 20.8 Å². The highest BCUT2D eigenvalue weighted by Gasteiger charge is 2.22. The zero-order valence-corrected chi connectivity index (χ0v) is 16.5. The van der Waals surface area contributed by atoms with E-state index >= 15 is 0 Å². The van der Waals surface area contributed by atoms with E-state index in [1.165, 1.54) is 0 Å². The van der Waals surface area contributed by atoms with Crippen molar-refractivity contribution in [3.63, 3.8) is 0 Å². The number of carbonyl (C=O) groups excluding carboxylic acids is 1. The molecule has 7 heteroatoms. The van der Waals surface area contributed by atoms with Crippen molar-refractivity contribution in [3.05, 3.63) is 64.0 Å². The minimum absolute atomic E-state index is 0.111. The lowest BCUT2D eigenvalue weighted by molar-refractivity contribution is -0.118. The molecule has 0 unspecified atom stereocenters. The van der Waals surface area contributed by atoms with Crippen LogP contribution < -0.4 is 21.0 Å². The number of carbonyl (C=O) groups is 1. The van der Waals surface area contributed by atoms with Crippen LogP contribution in [0.5, 0.6) is 5.75 Å². The number of amides is 1. The Morgan fingerprint density at radius 1 is 1.07 bits per heavy atom. The van der Waals surface area contributed by atoms with Crippen molar-refractivity contribution in [2.45, 2.75) is 31.7 Å². The summed E-state index contributed by atoms with van der Waals surface area (Å²) in [6.45, 7) is -0.239. The number of hydrogen-bond acceptors (Lipinski definition) is 5. The zero-order valence-electron chi connectivity index (χ0n) is 15.7. The Balaban J connectivity index is 1.58. The van der Waals surface area contributed by atoms with Crippen molar-refractivity contribution < 1.29 is 13.9 Å². The van der Waals surface area contributed by atoms with Gasteiger partial charge in [-0.15, -0.1) is 0 Å². The van der Waals surface area contributed by atoms with Crippen molar-refractivity contribution in [2.24, 2.45) is 0 Å². The minimum Gasteiger partial charge on any atom is -0.484 e. The molecule has 1 aliphatic rings. The Labute approximate surface area is 172 Å². The predicted molar refractivity (Wildman–Crippen MR) is 114 cm³/mol. The molecule has 29 heavy (non-hydrogen) atoms. The summed E-state index contributed by atoms with van der Waals surface area (Å²) in [4.78, 5) is 25.1. The summed E-state index contributed by atoms with van der Waals surface area (Å²) in [6.07, 6.45) is 4.35. The second kappa shape index (κ2) is 8.57. The van der Waals surface area contributed by atoms with Gasteiger partial charge in [-0.1, -0.05) is 36.6 Å². The van der Waals surface area contributed by atoms with Gasteiger partial charge in [0.15, 0.2) is 12.3 Å². The van der Waals surface area contributed by atoms with E-state index in [1.807, 2.05) is 18.2 Å².